The third kappa shape index (κ3) is 4.28. The first kappa shape index (κ1) is 18.9. The Morgan fingerprint density at radius 1 is 0.926 bits per heavy atom. The third-order valence-corrected chi connectivity index (χ3v) is 4.85. The first-order chi connectivity index (χ1) is 13.0. The summed E-state index contributed by atoms with van der Waals surface area (Å²) in [5.41, 5.74) is 3.96. The van der Waals surface area contributed by atoms with E-state index in [0.717, 1.165) is 22.3 Å². The molecule has 2 heteroatoms. The first-order valence-corrected chi connectivity index (χ1v) is 9.53. The van der Waals surface area contributed by atoms with E-state index in [9.17, 15) is 4.79 Å². The lowest BCUT2D eigenvalue weighted by atomic mass is 9.97. The van der Waals surface area contributed by atoms with Crippen LogP contribution in [0.25, 0.3) is 16.8 Å². The molecule has 1 amide bonds. The van der Waals surface area contributed by atoms with E-state index in [2.05, 4.69) is 55.6 Å². The van der Waals surface area contributed by atoms with Crippen molar-refractivity contribution in [3.63, 3.8) is 0 Å². The van der Waals surface area contributed by atoms with Crippen LogP contribution in [0.2, 0.25) is 0 Å². The van der Waals surface area contributed by atoms with E-state index in [1.807, 2.05) is 50.2 Å². The number of fused-ring (bicyclic) bond motifs is 1. The van der Waals surface area contributed by atoms with Gasteiger partial charge in [0.2, 0.25) is 0 Å². The number of hydrogen-bond acceptors (Lipinski definition) is 1. The number of carbonyl (C=O) groups is 1. The monoisotopic (exact) mass is 357 g/mol. The zero-order chi connectivity index (χ0) is 19.4. The van der Waals surface area contributed by atoms with Gasteiger partial charge < -0.3 is 5.32 Å². The van der Waals surface area contributed by atoms with E-state index in [4.69, 9.17) is 0 Å². The number of carbonyl (C=O) groups excluding carboxylic acids is 1. The number of nitrogens with one attached hydrogen (secondary N) is 1. The Morgan fingerprint density at radius 3 is 2.41 bits per heavy atom. The minimum absolute atomic E-state index is 0.0393. The van der Waals surface area contributed by atoms with Crippen LogP contribution in [-0.2, 0) is 0 Å². The smallest absolute Gasteiger partial charge is 0.252 e. The predicted molar refractivity (Wildman–Crippen MR) is 115 cm³/mol. The van der Waals surface area contributed by atoms with Gasteiger partial charge in [-0.15, -0.1) is 0 Å². The molecule has 0 aliphatic heterocycles. The van der Waals surface area contributed by atoms with Gasteiger partial charge in [-0.25, -0.2) is 0 Å². The highest BCUT2D eigenvalue weighted by Crippen LogP contribution is 2.25. The number of allylic oxidation sites excluding steroid dienone is 1. The van der Waals surface area contributed by atoms with Crippen LogP contribution >= 0.6 is 0 Å². The van der Waals surface area contributed by atoms with Gasteiger partial charge in [-0.05, 0) is 53.3 Å². The Balaban J connectivity index is 1.90. The SMILES string of the molecule is Cc1cccc(C(=O)NC(C)c2cccc3ccccc23)c1/C=C\C(C)C. The van der Waals surface area contributed by atoms with Crippen LogP contribution in [0, 0.1) is 12.8 Å². The molecular weight excluding hydrogens is 330 g/mol. The summed E-state index contributed by atoms with van der Waals surface area (Å²) in [7, 11) is 0. The van der Waals surface area contributed by atoms with E-state index in [1.165, 1.54) is 10.8 Å². The second kappa shape index (κ2) is 8.22. The molecule has 2 nitrogen and oxygen atoms in total. The maximum Gasteiger partial charge on any atom is 0.252 e. The molecule has 0 bridgehead atoms. The maximum absolute atomic E-state index is 13.0. The highest BCUT2D eigenvalue weighted by Gasteiger charge is 2.16. The van der Waals surface area contributed by atoms with E-state index in [-0.39, 0.29) is 11.9 Å². The van der Waals surface area contributed by atoms with Crippen LogP contribution in [0.15, 0.2) is 66.7 Å². The molecule has 3 aromatic carbocycles. The summed E-state index contributed by atoms with van der Waals surface area (Å²) in [5, 5.41) is 5.55. The molecule has 1 unspecified atom stereocenters. The van der Waals surface area contributed by atoms with Crippen molar-refractivity contribution in [3.05, 3.63) is 89.0 Å². The average Bonchev–Trinajstić information content (AvgIpc) is 2.66. The van der Waals surface area contributed by atoms with E-state index in [1.54, 1.807) is 0 Å². The van der Waals surface area contributed by atoms with Gasteiger partial charge in [0.15, 0.2) is 0 Å². The number of hydrogen-bond donors (Lipinski definition) is 1. The topological polar surface area (TPSA) is 29.1 Å². The molecule has 0 spiro atoms. The summed E-state index contributed by atoms with van der Waals surface area (Å²) in [6, 6.07) is 20.3. The summed E-state index contributed by atoms with van der Waals surface area (Å²) in [5.74, 6) is 0.401. The first-order valence-electron chi connectivity index (χ1n) is 9.53. The molecule has 27 heavy (non-hydrogen) atoms. The van der Waals surface area contributed by atoms with E-state index < -0.39 is 0 Å². The van der Waals surface area contributed by atoms with Gasteiger partial charge in [0, 0.05) is 5.56 Å². The minimum Gasteiger partial charge on any atom is -0.345 e. The summed E-state index contributed by atoms with van der Waals surface area (Å²) in [6.07, 6.45) is 4.20. The largest absolute Gasteiger partial charge is 0.345 e. The van der Waals surface area contributed by atoms with Crippen molar-refractivity contribution < 1.29 is 4.79 Å². The average molecular weight is 357 g/mol. The zero-order valence-corrected chi connectivity index (χ0v) is 16.5. The van der Waals surface area contributed by atoms with Crippen LogP contribution < -0.4 is 5.32 Å². The van der Waals surface area contributed by atoms with Crippen molar-refractivity contribution in [2.24, 2.45) is 5.92 Å². The lowest BCUT2D eigenvalue weighted by Gasteiger charge is -2.18. The highest BCUT2D eigenvalue weighted by molar-refractivity contribution is 5.99. The second-order valence-electron chi connectivity index (χ2n) is 7.40. The van der Waals surface area contributed by atoms with Crippen molar-refractivity contribution in [1.29, 1.82) is 0 Å². The van der Waals surface area contributed by atoms with Gasteiger partial charge in [-0.3, -0.25) is 4.79 Å². The van der Waals surface area contributed by atoms with Crippen LogP contribution in [0.1, 0.15) is 53.9 Å². The van der Waals surface area contributed by atoms with Crippen molar-refractivity contribution in [3.8, 4) is 0 Å². The lowest BCUT2D eigenvalue weighted by molar-refractivity contribution is 0.0940. The van der Waals surface area contributed by atoms with Crippen molar-refractivity contribution in [1.82, 2.24) is 5.32 Å². The third-order valence-electron chi connectivity index (χ3n) is 4.85. The summed E-state index contributed by atoms with van der Waals surface area (Å²) in [6.45, 7) is 8.36. The normalized spacial score (nSPS) is 12.6. The molecular formula is C25H27NO. The van der Waals surface area contributed by atoms with Crippen LogP contribution in [0.4, 0.5) is 0 Å². The summed E-state index contributed by atoms with van der Waals surface area (Å²) < 4.78 is 0. The Kier molecular flexibility index (Phi) is 5.75. The maximum atomic E-state index is 13.0. The second-order valence-corrected chi connectivity index (χ2v) is 7.40. The molecule has 0 aliphatic carbocycles. The highest BCUT2D eigenvalue weighted by atomic mass is 16.1. The molecule has 0 fully saturated rings. The van der Waals surface area contributed by atoms with Crippen LogP contribution in [-0.4, -0.2) is 5.91 Å². The quantitative estimate of drug-likeness (QED) is 0.570. The standard InChI is InChI=1S/C25H27NO/c1-17(2)15-16-21-18(3)9-7-14-24(21)25(27)26-19(4)22-13-8-11-20-10-5-6-12-23(20)22/h5-17,19H,1-4H3,(H,26,27)/b16-15-. The molecule has 0 aliphatic rings. The van der Waals surface area contributed by atoms with Crippen LogP contribution in [0.5, 0.6) is 0 Å². The molecule has 1 atom stereocenters. The predicted octanol–water partition coefficient (Wildman–Crippen LogP) is 6.31. The van der Waals surface area contributed by atoms with E-state index >= 15 is 0 Å². The molecule has 0 saturated heterocycles. The lowest BCUT2D eigenvalue weighted by Crippen LogP contribution is -2.27. The molecule has 3 aromatic rings. The molecule has 0 heterocycles. The minimum atomic E-state index is -0.0777. The Hall–Kier alpha value is -2.87. The molecule has 0 radical (unpaired) electrons. The van der Waals surface area contributed by atoms with Gasteiger partial charge in [-0.1, -0.05) is 80.6 Å². The fourth-order valence-corrected chi connectivity index (χ4v) is 3.37. The Morgan fingerprint density at radius 2 is 1.63 bits per heavy atom. The fourth-order valence-electron chi connectivity index (χ4n) is 3.37. The number of aryl methyl sites for hydroxylation is 1. The van der Waals surface area contributed by atoms with Crippen molar-refractivity contribution >= 4 is 22.8 Å². The molecule has 3 rings (SSSR count). The van der Waals surface area contributed by atoms with Crippen molar-refractivity contribution in [2.45, 2.75) is 33.7 Å². The van der Waals surface area contributed by atoms with E-state index in [0.29, 0.717) is 5.92 Å². The van der Waals surface area contributed by atoms with Crippen LogP contribution in [0.3, 0.4) is 0 Å². The molecule has 1 N–H and O–H groups in total. The molecule has 0 saturated carbocycles. The van der Waals surface area contributed by atoms with Gasteiger partial charge >= 0.3 is 0 Å². The zero-order valence-electron chi connectivity index (χ0n) is 16.5. The number of benzene rings is 3. The Labute approximate surface area is 161 Å². The number of rotatable bonds is 5. The van der Waals surface area contributed by atoms with Gasteiger partial charge in [0.25, 0.3) is 5.91 Å². The summed E-state index contributed by atoms with van der Waals surface area (Å²) >= 11 is 0. The molecule has 138 valence electrons. The summed E-state index contributed by atoms with van der Waals surface area (Å²) in [4.78, 5) is 13.0. The van der Waals surface area contributed by atoms with Gasteiger partial charge in [-0.2, -0.15) is 0 Å². The van der Waals surface area contributed by atoms with Crippen molar-refractivity contribution in [2.75, 3.05) is 0 Å². The van der Waals surface area contributed by atoms with Gasteiger partial charge in [0.05, 0.1) is 6.04 Å². The van der Waals surface area contributed by atoms with Gasteiger partial charge in [0.1, 0.15) is 0 Å². The fraction of sp³-hybridized carbons (Fsp3) is 0.240. The Bertz CT molecular complexity index is 979. The molecule has 0 aromatic heterocycles. The number of amides is 1.